The molecule has 7 nitrogen and oxygen atoms in total. The van der Waals surface area contributed by atoms with E-state index in [1.165, 1.54) is 29.0 Å². The predicted molar refractivity (Wildman–Crippen MR) is 121 cm³/mol. The molecule has 4 aromatic rings. The number of aromatic carboxylic acids is 1. The van der Waals surface area contributed by atoms with Gasteiger partial charge in [0.05, 0.1) is 15.8 Å². The molecule has 0 saturated heterocycles. The molecule has 0 bridgehead atoms. The van der Waals surface area contributed by atoms with E-state index in [2.05, 4.69) is 46.1 Å². The quantitative estimate of drug-likeness (QED) is 0.398. The van der Waals surface area contributed by atoms with Crippen LogP contribution in [0.3, 0.4) is 0 Å². The van der Waals surface area contributed by atoms with E-state index in [0.29, 0.717) is 17.0 Å². The number of rotatable bonds is 9. The fourth-order valence-corrected chi connectivity index (χ4v) is 4.36. The highest BCUT2D eigenvalue weighted by atomic mass is 32.1. The fourth-order valence-electron chi connectivity index (χ4n) is 3.46. The van der Waals surface area contributed by atoms with Gasteiger partial charge in [-0.15, -0.1) is 0 Å². The van der Waals surface area contributed by atoms with E-state index in [4.69, 9.17) is 9.84 Å². The standard InChI is InChI=1S/C23H24N4O3S/c1-27(2)17(7-9-21-24-10-11-25-21)12-15-6-8-19-20(13-15)31-23(26-19)30-18-5-3-4-16(14-18)22(28)29/h3-6,8,10-11,13-14,17H,7,9,12H2,1-2H3,(H,24,25)(H,28,29). The molecule has 0 aliphatic rings. The third kappa shape index (κ3) is 5.28. The minimum Gasteiger partial charge on any atom is -0.478 e. The van der Waals surface area contributed by atoms with E-state index >= 15 is 0 Å². The number of carbonyl (C=O) groups is 1. The lowest BCUT2D eigenvalue weighted by Crippen LogP contribution is -2.30. The summed E-state index contributed by atoms with van der Waals surface area (Å²) in [7, 11) is 4.21. The van der Waals surface area contributed by atoms with Crippen molar-refractivity contribution in [2.75, 3.05) is 14.1 Å². The van der Waals surface area contributed by atoms with Gasteiger partial charge in [0.2, 0.25) is 0 Å². The molecule has 0 amide bonds. The Balaban J connectivity index is 1.47. The Labute approximate surface area is 184 Å². The normalized spacial score (nSPS) is 12.4. The SMILES string of the molecule is CN(C)C(CCc1ncc[nH]1)Cc1ccc2nc(Oc3cccc(C(=O)O)c3)sc2c1. The third-order valence-electron chi connectivity index (χ3n) is 5.19. The van der Waals surface area contributed by atoms with Gasteiger partial charge in [0.1, 0.15) is 11.6 Å². The number of ether oxygens (including phenoxy) is 1. The summed E-state index contributed by atoms with van der Waals surface area (Å²) in [6, 6.07) is 13.1. The zero-order valence-corrected chi connectivity index (χ0v) is 18.2. The molecule has 0 radical (unpaired) electrons. The number of H-pyrrole nitrogens is 1. The van der Waals surface area contributed by atoms with Gasteiger partial charge in [-0.1, -0.05) is 23.5 Å². The van der Waals surface area contributed by atoms with Crippen LogP contribution in [0.25, 0.3) is 10.2 Å². The Hall–Kier alpha value is -3.23. The van der Waals surface area contributed by atoms with E-state index in [1.807, 2.05) is 12.3 Å². The van der Waals surface area contributed by atoms with Crippen molar-refractivity contribution < 1.29 is 14.6 Å². The highest BCUT2D eigenvalue weighted by molar-refractivity contribution is 7.20. The van der Waals surface area contributed by atoms with Crippen LogP contribution in [0, 0.1) is 0 Å². The van der Waals surface area contributed by atoms with Crippen molar-refractivity contribution >= 4 is 27.5 Å². The molecular weight excluding hydrogens is 412 g/mol. The highest BCUT2D eigenvalue weighted by Gasteiger charge is 2.15. The number of aryl methyl sites for hydroxylation is 1. The van der Waals surface area contributed by atoms with Crippen molar-refractivity contribution in [1.29, 1.82) is 0 Å². The summed E-state index contributed by atoms with van der Waals surface area (Å²) in [5, 5.41) is 9.64. The smallest absolute Gasteiger partial charge is 0.335 e. The molecule has 2 aromatic carbocycles. The average molecular weight is 437 g/mol. The van der Waals surface area contributed by atoms with Crippen molar-refractivity contribution in [3.05, 3.63) is 71.8 Å². The molecule has 0 saturated carbocycles. The molecular formula is C23H24N4O3S. The van der Waals surface area contributed by atoms with Crippen molar-refractivity contribution in [3.8, 4) is 10.9 Å². The van der Waals surface area contributed by atoms with Gasteiger partial charge in [-0.25, -0.2) is 14.8 Å². The summed E-state index contributed by atoms with van der Waals surface area (Å²) in [5.74, 6) is 0.491. The number of nitrogens with one attached hydrogen (secondary N) is 1. The summed E-state index contributed by atoms with van der Waals surface area (Å²) in [4.78, 5) is 25.4. The zero-order chi connectivity index (χ0) is 21.8. The Morgan fingerprint density at radius 3 is 2.87 bits per heavy atom. The predicted octanol–water partition coefficient (Wildman–Crippen LogP) is 4.62. The average Bonchev–Trinajstić information content (AvgIpc) is 3.40. The lowest BCUT2D eigenvalue weighted by atomic mass is 10.0. The minimum absolute atomic E-state index is 0.185. The second-order valence-electron chi connectivity index (χ2n) is 7.61. The Morgan fingerprint density at radius 1 is 1.26 bits per heavy atom. The van der Waals surface area contributed by atoms with Crippen LogP contribution in [-0.4, -0.2) is 51.1 Å². The third-order valence-corrected chi connectivity index (χ3v) is 6.09. The van der Waals surface area contributed by atoms with Gasteiger partial charge in [-0.3, -0.25) is 0 Å². The maximum Gasteiger partial charge on any atom is 0.335 e. The molecule has 1 atom stereocenters. The van der Waals surface area contributed by atoms with Crippen LogP contribution in [0.1, 0.15) is 28.2 Å². The van der Waals surface area contributed by atoms with E-state index < -0.39 is 5.97 Å². The molecule has 0 aliphatic carbocycles. The van der Waals surface area contributed by atoms with Crippen LogP contribution >= 0.6 is 11.3 Å². The molecule has 31 heavy (non-hydrogen) atoms. The first-order valence-electron chi connectivity index (χ1n) is 10.0. The second kappa shape index (κ2) is 9.28. The summed E-state index contributed by atoms with van der Waals surface area (Å²) in [5.41, 5.74) is 2.30. The van der Waals surface area contributed by atoms with Crippen LogP contribution in [0.2, 0.25) is 0 Å². The number of imidazole rings is 1. The maximum atomic E-state index is 11.2. The minimum atomic E-state index is -0.984. The van der Waals surface area contributed by atoms with E-state index in [1.54, 1.807) is 18.3 Å². The number of hydrogen-bond acceptors (Lipinski definition) is 6. The van der Waals surface area contributed by atoms with Crippen molar-refractivity contribution in [1.82, 2.24) is 19.9 Å². The second-order valence-corrected chi connectivity index (χ2v) is 8.61. The number of carboxylic acid groups (broad SMARTS) is 1. The number of fused-ring (bicyclic) bond motifs is 1. The van der Waals surface area contributed by atoms with Crippen LogP contribution in [0.15, 0.2) is 54.9 Å². The number of likely N-dealkylation sites (N-methyl/N-ethyl adjacent to an activating group) is 1. The van der Waals surface area contributed by atoms with Crippen molar-refractivity contribution in [3.63, 3.8) is 0 Å². The van der Waals surface area contributed by atoms with E-state index in [9.17, 15) is 4.79 Å². The number of nitrogens with zero attached hydrogens (tertiary/aromatic N) is 3. The molecule has 0 spiro atoms. The maximum absolute atomic E-state index is 11.2. The molecule has 160 valence electrons. The van der Waals surface area contributed by atoms with Crippen LogP contribution < -0.4 is 4.74 Å². The van der Waals surface area contributed by atoms with Gasteiger partial charge < -0.3 is 19.7 Å². The molecule has 1 unspecified atom stereocenters. The van der Waals surface area contributed by atoms with Gasteiger partial charge in [0.25, 0.3) is 5.19 Å². The molecule has 8 heteroatoms. The summed E-state index contributed by atoms with van der Waals surface area (Å²) in [6.07, 6.45) is 6.49. The van der Waals surface area contributed by atoms with Gasteiger partial charge in [-0.2, -0.15) is 0 Å². The molecule has 2 heterocycles. The Bertz CT molecular complexity index is 1170. The summed E-state index contributed by atoms with van der Waals surface area (Å²) in [6.45, 7) is 0. The molecule has 2 N–H and O–H groups in total. The number of thiazole rings is 1. The van der Waals surface area contributed by atoms with Gasteiger partial charge in [0.15, 0.2) is 0 Å². The number of aromatic amines is 1. The van der Waals surface area contributed by atoms with Crippen molar-refractivity contribution in [2.24, 2.45) is 0 Å². The van der Waals surface area contributed by atoms with Crippen molar-refractivity contribution in [2.45, 2.75) is 25.3 Å². The molecule has 0 fully saturated rings. The Kier molecular flexibility index (Phi) is 6.29. The summed E-state index contributed by atoms with van der Waals surface area (Å²) < 4.78 is 6.87. The first-order valence-corrected chi connectivity index (χ1v) is 10.8. The number of carboxylic acids is 1. The van der Waals surface area contributed by atoms with Crippen LogP contribution in [-0.2, 0) is 12.8 Å². The van der Waals surface area contributed by atoms with Crippen LogP contribution in [0.4, 0.5) is 0 Å². The first kappa shape index (κ1) is 21.0. The zero-order valence-electron chi connectivity index (χ0n) is 17.4. The number of benzene rings is 2. The van der Waals surface area contributed by atoms with E-state index in [0.717, 1.165) is 35.3 Å². The first-order chi connectivity index (χ1) is 15.0. The fraction of sp³-hybridized carbons (Fsp3) is 0.261. The number of aromatic nitrogens is 3. The van der Waals surface area contributed by atoms with Gasteiger partial charge in [0, 0.05) is 24.9 Å². The molecule has 4 rings (SSSR count). The Morgan fingerprint density at radius 2 is 2.13 bits per heavy atom. The van der Waals surface area contributed by atoms with Crippen LogP contribution in [0.5, 0.6) is 10.9 Å². The number of hydrogen-bond donors (Lipinski definition) is 2. The summed E-state index contributed by atoms with van der Waals surface area (Å²) >= 11 is 1.46. The topological polar surface area (TPSA) is 91.3 Å². The lowest BCUT2D eigenvalue weighted by Gasteiger charge is -2.24. The lowest BCUT2D eigenvalue weighted by molar-refractivity contribution is 0.0696. The molecule has 0 aliphatic heterocycles. The van der Waals surface area contributed by atoms with Gasteiger partial charge in [-0.05, 0) is 62.8 Å². The monoisotopic (exact) mass is 436 g/mol. The largest absolute Gasteiger partial charge is 0.478 e. The molecule has 2 aromatic heterocycles. The van der Waals surface area contributed by atoms with Gasteiger partial charge >= 0.3 is 5.97 Å². The highest BCUT2D eigenvalue weighted by Crippen LogP contribution is 2.32. The van der Waals surface area contributed by atoms with E-state index in [-0.39, 0.29) is 5.56 Å².